The van der Waals surface area contributed by atoms with Gasteiger partial charge in [-0.1, -0.05) is 0 Å². The van der Waals surface area contributed by atoms with Crippen molar-refractivity contribution in [2.24, 2.45) is 0 Å². The highest BCUT2D eigenvalue weighted by Gasteiger charge is 2.15. The van der Waals surface area contributed by atoms with Gasteiger partial charge in [0.1, 0.15) is 14.0 Å². The van der Waals surface area contributed by atoms with Gasteiger partial charge in [0.2, 0.25) is 0 Å². The monoisotopic (exact) mass is 218 g/mol. The van der Waals surface area contributed by atoms with E-state index >= 15 is 0 Å². The summed E-state index contributed by atoms with van der Waals surface area (Å²) in [5, 5.41) is 1.59. The molecule has 0 aliphatic heterocycles. The molecular formula is C6H6N2OS3. The van der Waals surface area contributed by atoms with E-state index in [1.165, 1.54) is 22.9 Å². The summed E-state index contributed by atoms with van der Waals surface area (Å²) >= 11 is 7.02. The number of hydrogen-bond donors (Lipinski definition) is 2. The van der Waals surface area contributed by atoms with Gasteiger partial charge >= 0.3 is 0 Å². The van der Waals surface area contributed by atoms with Crippen LogP contribution in [0.25, 0.3) is 10.2 Å². The average molecular weight is 218 g/mol. The molecule has 2 N–H and O–H groups in total. The molecule has 0 aromatic carbocycles. The van der Waals surface area contributed by atoms with Crippen LogP contribution >= 0.6 is 35.5 Å². The summed E-state index contributed by atoms with van der Waals surface area (Å²) in [6.07, 6.45) is 0. The molecule has 0 saturated heterocycles. The van der Waals surface area contributed by atoms with Gasteiger partial charge in [0, 0.05) is 0 Å². The first-order valence-corrected chi connectivity index (χ1v) is 5.18. The van der Waals surface area contributed by atoms with E-state index < -0.39 is 0 Å². The molecule has 0 aliphatic rings. The van der Waals surface area contributed by atoms with Crippen LogP contribution in [0.3, 0.4) is 0 Å². The van der Waals surface area contributed by atoms with Gasteiger partial charge in [0.05, 0.1) is 12.5 Å². The van der Waals surface area contributed by atoms with Gasteiger partial charge in [-0.3, -0.25) is 0 Å². The summed E-state index contributed by atoms with van der Waals surface area (Å²) < 4.78 is 10.1. The molecule has 2 heterocycles. The Kier molecular flexibility index (Phi) is 1.90. The molecule has 2 rings (SSSR count). The minimum atomic E-state index is 0.693. The quantitative estimate of drug-likeness (QED) is 0.722. The van der Waals surface area contributed by atoms with E-state index in [1.54, 1.807) is 7.11 Å². The zero-order valence-corrected chi connectivity index (χ0v) is 8.72. The maximum Gasteiger partial charge on any atom is 0.155 e. The lowest BCUT2D eigenvalue weighted by Crippen LogP contribution is -1.83. The number of nitrogens with two attached hydrogens (primary N) is 1. The van der Waals surface area contributed by atoms with Crippen LogP contribution in [0.15, 0.2) is 4.21 Å². The standard InChI is InChI=1S/C6H6N2OS3/c1-9-3-2-4(7)12-8-5(2)11-6(3)10/h10H,7H2,1H3. The molecule has 64 valence electrons. The number of methoxy groups -OCH3 is 1. The molecule has 0 spiro atoms. The summed E-state index contributed by atoms with van der Waals surface area (Å²) in [7, 11) is 1.61. The van der Waals surface area contributed by atoms with Crippen LogP contribution < -0.4 is 10.5 Å². The predicted octanol–water partition coefficient (Wildman–Crippen LogP) is 2.24. The molecule has 2 aromatic rings. The minimum Gasteiger partial charge on any atom is -0.494 e. The van der Waals surface area contributed by atoms with Crippen molar-refractivity contribution in [2.75, 3.05) is 12.8 Å². The molecule has 0 unspecified atom stereocenters. The number of ether oxygens (including phenoxy) is 1. The fourth-order valence-electron chi connectivity index (χ4n) is 1.00. The number of hydrogen-bond acceptors (Lipinski definition) is 6. The third-order valence-electron chi connectivity index (χ3n) is 1.51. The van der Waals surface area contributed by atoms with Crippen LogP contribution in [0.1, 0.15) is 0 Å². The Hall–Kier alpha value is -0.460. The fourth-order valence-corrected chi connectivity index (χ4v) is 3.11. The summed E-state index contributed by atoms with van der Waals surface area (Å²) in [4.78, 5) is 0.902. The van der Waals surface area contributed by atoms with Crippen LogP contribution in [0, 0.1) is 0 Å². The van der Waals surface area contributed by atoms with E-state index in [9.17, 15) is 0 Å². The molecule has 0 radical (unpaired) electrons. The van der Waals surface area contributed by atoms with Crippen LogP contribution in [-0.2, 0) is 0 Å². The van der Waals surface area contributed by atoms with E-state index in [1.807, 2.05) is 0 Å². The molecule has 0 aliphatic carbocycles. The smallest absolute Gasteiger partial charge is 0.155 e. The second-order valence-corrected chi connectivity index (χ2v) is 4.72. The minimum absolute atomic E-state index is 0.693. The number of nitrogens with zero attached hydrogens (tertiary/aromatic N) is 1. The van der Waals surface area contributed by atoms with E-state index in [0.29, 0.717) is 5.00 Å². The zero-order chi connectivity index (χ0) is 8.72. The lowest BCUT2D eigenvalue weighted by atomic mass is 10.4. The summed E-state index contributed by atoms with van der Waals surface area (Å²) in [5.41, 5.74) is 5.71. The molecule has 3 nitrogen and oxygen atoms in total. The van der Waals surface area contributed by atoms with Gasteiger partial charge < -0.3 is 10.5 Å². The second-order valence-electron chi connectivity index (χ2n) is 2.17. The third-order valence-corrected chi connectivity index (χ3v) is 3.64. The molecule has 6 heteroatoms. The molecule has 0 atom stereocenters. The van der Waals surface area contributed by atoms with Crippen molar-refractivity contribution in [1.29, 1.82) is 0 Å². The molecule has 0 amide bonds. The second kappa shape index (κ2) is 2.79. The number of thiophene rings is 1. The van der Waals surface area contributed by atoms with Gasteiger partial charge in [0.25, 0.3) is 0 Å². The van der Waals surface area contributed by atoms with E-state index in [2.05, 4.69) is 17.0 Å². The summed E-state index contributed by atoms with van der Waals surface area (Å²) in [6.45, 7) is 0. The number of anilines is 1. The topological polar surface area (TPSA) is 48.1 Å². The Balaban J connectivity index is 2.84. The molecule has 12 heavy (non-hydrogen) atoms. The Morgan fingerprint density at radius 1 is 1.58 bits per heavy atom. The molecular weight excluding hydrogens is 212 g/mol. The van der Waals surface area contributed by atoms with Crippen LogP contribution in [0.4, 0.5) is 5.00 Å². The van der Waals surface area contributed by atoms with Crippen molar-refractivity contribution >= 4 is 50.7 Å². The first-order chi connectivity index (χ1) is 5.74. The Labute approximate surface area is 82.7 Å². The maximum atomic E-state index is 5.71. The average Bonchev–Trinajstić information content (AvgIpc) is 2.52. The lowest BCUT2D eigenvalue weighted by molar-refractivity contribution is 0.413. The normalized spacial score (nSPS) is 10.8. The Morgan fingerprint density at radius 2 is 2.33 bits per heavy atom. The predicted molar refractivity (Wildman–Crippen MR) is 55.7 cm³/mol. The van der Waals surface area contributed by atoms with Gasteiger partial charge in [-0.15, -0.1) is 24.0 Å². The number of rotatable bonds is 1. The largest absolute Gasteiger partial charge is 0.494 e. The first kappa shape index (κ1) is 8.15. The van der Waals surface area contributed by atoms with Crippen LogP contribution in [0.5, 0.6) is 5.75 Å². The van der Waals surface area contributed by atoms with Gasteiger partial charge in [0.15, 0.2) is 5.75 Å². The fraction of sp³-hybridized carbons (Fsp3) is 0.167. The molecule has 0 fully saturated rings. The molecule has 0 saturated carbocycles. The Morgan fingerprint density at radius 3 is 3.00 bits per heavy atom. The first-order valence-electron chi connectivity index (χ1n) is 3.14. The van der Waals surface area contributed by atoms with Crippen LogP contribution in [0.2, 0.25) is 0 Å². The number of aromatic nitrogens is 1. The van der Waals surface area contributed by atoms with E-state index in [0.717, 1.165) is 20.2 Å². The highest BCUT2D eigenvalue weighted by molar-refractivity contribution is 7.83. The summed E-state index contributed by atoms with van der Waals surface area (Å²) in [6, 6.07) is 0. The van der Waals surface area contributed by atoms with Crippen molar-refractivity contribution in [1.82, 2.24) is 4.37 Å². The van der Waals surface area contributed by atoms with Crippen molar-refractivity contribution in [3.8, 4) is 5.75 Å². The number of thiol groups is 1. The molecule has 2 aromatic heterocycles. The highest BCUT2D eigenvalue weighted by Crippen LogP contribution is 2.43. The summed E-state index contributed by atoms with van der Waals surface area (Å²) in [5.74, 6) is 0.740. The van der Waals surface area contributed by atoms with Crippen molar-refractivity contribution in [3.05, 3.63) is 0 Å². The van der Waals surface area contributed by atoms with Gasteiger partial charge in [-0.25, -0.2) is 0 Å². The van der Waals surface area contributed by atoms with Crippen molar-refractivity contribution in [2.45, 2.75) is 4.21 Å². The third kappa shape index (κ3) is 0.988. The van der Waals surface area contributed by atoms with Crippen LogP contribution in [-0.4, -0.2) is 11.5 Å². The number of fused-ring (bicyclic) bond motifs is 1. The van der Waals surface area contributed by atoms with Crippen molar-refractivity contribution in [3.63, 3.8) is 0 Å². The SMILES string of the molecule is COc1c(S)sc2nsc(N)c12. The maximum absolute atomic E-state index is 5.71. The molecule has 0 bridgehead atoms. The van der Waals surface area contributed by atoms with Crippen molar-refractivity contribution < 1.29 is 4.74 Å². The highest BCUT2D eigenvalue weighted by atomic mass is 32.2. The van der Waals surface area contributed by atoms with E-state index in [-0.39, 0.29) is 0 Å². The lowest BCUT2D eigenvalue weighted by Gasteiger charge is -1.96. The van der Waals surface area contributed by atoms with Gasteiger partial charge in [-0.05, 0) is 11.5 Å². The number of nitrogen functional groups attached to an aromatic ring is 1. The van der Waals surface area contributed by atoms with E-state index in [4.69, 9.17) is 10.5 Å². The Bertz CT molecular complexity index is 420. The van der Waals surface area contributed by atoms with Gasteiger partial charge in [-0.2, -0.15) is 4.37 Å². The zero-order valence-electron chi connectivity index (χ0n) is 6.20.